The molecule has 2 aliphatic heterocycles. The SMILES string of the molecule is Cc1ccc2c(c1)Nc1c(cnn1C)CN2C(=O)c1ccc(CNC(=O)OC2CCN(CCC(C)(C)C)CC2)cc1C. The van der Waals surface area contributed by atoms with E-state index < -0.39 is 6.09 Å². The zero-order chi connectivity index (χ0) is 30.0. The van der Waals surface area contributed by atoms with E-state index in [1.165, 1.54) is 0 Å². The van der Waals surface area contributed by atoms with Gasteiger partial charge in [-0.1, -0.05) is 39.0 Å². The number of likely N-dealkylation sites (tertiary alicyclic amines) is 1. The Kier molecular flexibility index (Phi) is 8.59. The fourth-order valence-corrected chi connectivity index (χ4v) is 5.64. The van der Waals surface area contributed by atoms with E-state index in [-0.39, 0.29) is 12.0 Å². The second-order valence-electron chi connectivity index (χ2n) is 12.9. The van der Waals surface area contributed by atoms with Crippen molar-refractivity contribution in [2.75, 3.05) is 29.9 Å². The Hall–Kier alpha value is -3.85. The number of ether oxygens (including phenoxy) is 1. The molecule has 0 spiro atoms. The highest BCUT2D eigenvalue weighted by Crippen LogP contribution is 2.37. The van der Waals surface area contributed by atoms with Crippen LogP contribution in [0, 0.1) is 19.3 Å². The van der Waals surface area contributed by atoms with Crippen molar-refractivity contribution >= 4 is 29.2 Å². The number of hydrogen-bond acceptors (Lipinski definition) is 6. The second-order valence-corrected chi connectivity index (χ2v) is 12.9. The predicted octanol–water partition coefficient (Wildman–Crippen LogP) is 6.07. The van der Waals surface area contributed by atoms with Gasteiger partial charge >= 0.3 is 6.09 Å². The third-order valence-electron chi connectivity index (χ3n) is 8.23. The largest absolute Gasteiger partial charge is 0.446 e. The maximum atomic E-state index is 13.9. The van der Waals surface area contributed by atoms with Gasteiger partial charge < -0.3 is 25.2 Å². The smallest absolute Gasteiger partial charge is 0.407 e. The zero-order valence-corrected chi connectivity index (χ0v) is 25.8. The minimum atomic E-state index is -0.391. The Morgan fingerprint density at radius 3 is 2.57 bits per heavy atom. The lowest BCUT2D eigenvalue weighted by molar-refractivity contribution is 0.0479. The highest BCUT2D eigenvalue weighted by molar-refractivity contribution is 6.09. The van der Waals surface area contributed by atoms with Crippen molar-refractivity contribution < 1.29 is 14.3 Å². The molecule has 1 aromatic heterocycles. The van der Waals surface area contributed by atoms with Crippen molar-refractivity contribution in [3.8, 4) is 0 Å². The molecule has 0 unspecified atom stereocenters. The summed E-state index contributed by atoms with van der Waals surface area (Å²) in [6.45, 7) is 14.5. The number of alkyl carbamates (subject to hydrolysis) is 1. The molecule has 0 atom stereocenters. The van der Waals surface area contributed by atoms with E-state index in [1.807, 2.05) is 51.2 Å². The van der Waals surface area contributed by atoms with Gasteiger partial charge in [-0.05, 0) is 80.0 Å². The van der Waals surface area contributed by atoms with Crippen molar-refractivity contribution in [3.05, 3.63) is 70.4 Å². The third kappa shape index (κ3) is 6.95. The third-order valence-corrected chi connectivity index (χ3v) is 8.23. The molecule has 2 amide bonds. The molecule has 1 saturated heterocycles. The van der Waals surface area contributed by atoms with Gasteiger partial charge in [-0.15, -0.1) is 0 Å². The number of aromatic nitrogens is 2. The maximum absolute atomic E-state index is 13.9. The van der Waals surface area contributed by atoms with Gasteiger partial charge in [-0.25, -0.2) is 4.79 Å². The number of rotatable bonds is 6. The van der Waals surface area contributed by atoms with E-state index in [0.717, 1.165) is 78.3 Å². The lowest BCUT2D eigenvalue weighted by Gasteiger charge is -2.33. The lowest BCUT2D eigenvalue weighted by Crippen LogP contribution is -2.40. The molecule has 224 valence electrons. The van der Waals surface area contributed by atoms with Gasteiger partial charge in [-0.3, -0.25) is 9.48 Å². The van der Waals surface area contributed by atoms with Crippen molar-refractivity contribution in [3.63, 3.8) is 0 Å². The molecule has 1 fully saturated rings. The number of nitrogens with zero attached hydrogens (tertiary/aromatic N) is 4. The second kappa shape index (κ2) is 12.2. The maximum Gasteiger partial charge on any atom is 0.407 e. The van der Waals surface area contributed by atoms with Crippen LogP contribution in [0.4, 0.5) is 22.0 Å². The van der Waals surface area contributed by atoms with Gasteiger partial charge in [0.2, 0.25) is 0 Å². The molecule has 9 nitrogen and oxygen atoms in total. The number of anilines is 3. The van der Waals surface area contributed by atoms with Crippen molar-refractivity contribution in [1.29, 1.82) is 0 Å². The first-order chi connectivity index (χ1) is 20.0. The van der Waals surface area contributed by atoms with Crippen LogP contribution in [-0.4, -0.2) is 52.4 Å². The number of fused-ring (bicyclic) bond motifs is 2. The topological polar surface area (TPSA) is 91.7 Å². The number of nitrogens with one attached hydrogen (secondary N) is 2. The summed E-state index contributed by atoms with van der Waals surface area (Å²) in [5, 5.41) is 10.8. The fraction of sp³-hybridized carbons (Fsp3) is 0.485. The van der Waals surface area contributed by atoms with Crippen LogP contribution in [0.2, 0.25) is 0 Å². The number of carbonyl (C=O) groups is 2. The van der Waals surface area contributed by atoms with Crippen LogP contribution in [0.3, 0.4) is 0 Å². The summed E-state index contributed by atoms with van der Waals surface area (Å²) in [6, 6.07) is 11.8. The van der Waals surface area contributed by atoms with Gasteiger partial charge in [0.1, 0.15) is 11.9 Å². The standard InChI is InChI=1S/C33H44N6O3/c1-22-7-10-29-28(17-22)36-30-25(20-35-37(30)6)21-39(29)31(40)27-9-8-24(18-23(27)2)19-34-32(41)42-26-11-14-38(15-12-26)16-13-33(3,4)5/h7-10,17-18,20,26,36H,11-16,19,21H2,1-6H3,(H,34,41). The van der Waals surface area contributed by atoms with Crippen LogP contribution >= 0.6 is 0 Å². The molecule has 5 rings (SSSR count). The summed E-state index contributed by atoms with van der Waals surface area (Å²) < 4.78 is 7.51. The van der Waals surface area contributed by atoms with E-state index >= 15 is 0 Å². The van der Waals surface area contributed by atoms with Gasteiger partial charge in [0, 0.05) is 37.8 Å². The van der Waals surface area contributed by atoms with Gasteiger partial charge in [-0.2, -0.15) is 5.10 Å². The summed E-state index contributed by atoms with van der Waals surface area (Å²) in [4.78, 5) is 30.7. The molecule has 9 heteroatoms. The van der Waals surface area contributed by atoms with Gasteiger partial charge in [0.15, 0.2) is 0 Å². The van der Waals surface area contributed by atoms with Crippen LogP contribution < -0.4 is 15.5 Å². The summed E-state index contributed by atoms with van der Waals surface area (Å²) >= 11 is 0. The summed E-state index contributed by atoms with van der Waals surface area (Å²) in [6.07, 6.45) is 4.25. The monoisotopic (exact) mass is 572 g/mol. The van der Waals surface area contributed by atoms with E-state index in [9.17, 15) is 9.59 Å². The number of aryl methyl sites for hydroxylation is 3. The highest BCUT2D eigenvalue weighted by Gasteiger charge is 2.28. The summed E-state index contributed by atoms with van der Waals surface area (Å²) in [5.74, 6) is 0.803. The summed E-state index contributed by atoms with van der Waals surface area (Å²) in [5.41, 5.74) is 6.48. The molecular weight excluding hydrogens is 528 g/mol. The molecule has 42 heavy (non-hydrogen) atoms. The zero-order valence-electron chi connectivity index (χ0n) is 25.8. The highest BCUT2D eigenvalue weighted by atomic mass is 16.6. The van der Waals surface area contributed by atoms with Gasteiger partial charge in [0.25, 0.3) is 5.91 Å². The Balaban J connectivity index is 1.19. The average molecular weight is 573 g/mol. The van der Waals surface area contributed by atoms with Crippen molar-refractivity contribution in [2.24, 2.45) is 12.5 Å². The molecule has 2 aromatic carbocycles. The predicted molar refractivity (Wildman–Crippen MR) is 166 cm³/mol. The number of amides is 2. The lowest BCUT2D eigenvalue weighted by atomic mass is 9.91. The van der Waals surface area contributed by atoms with Crippen LogP contribution in [0.5, 0.6) is 0 Å². The first-order valence-electron chi connectivity index (χ1n) is 14.9. The molecule has 0 aliphatic carbocycles. The molecule has 0 radical (unpaired) electrons. The quantitative estimate of drug-likeness (QED) is 0.373. The molecule has 0 saturated carbocycles. The minimum Gasteiger partial charge on any atom is -0.446 e. The number of carbonyl (C=O) groups excluding carboxylic acids is 2. The molecule has 3 aromatic rings. The van der Waals surface area contributed by atoms with Crippen LogP contribution in [-0.2, 0) is 24.9 Å². The Morgan fingerprint density at radius 2 is 1.86 bits per heavy atom. The molecular formula is C33H44N6O3. The number of benzene rings is 2. The van der Waals surface area contributed by atoms with Crippen LogP contribution in [0.25, 0.3) is 0 Å². The first-order valence-corrected chi connectivity index (χ1v) is 14.9. The fourth-order valence-electron chi connectivity index (χ4n) is 5.64. The normalized spacial score (nSPS) is 15.8. The van der Waals surface area contributed by atoms with Gasteiger partial charge in [0.05, 0.1) is 24.1 Å². The Bertz CT molecular complexity index is 1450. The first kappa shape index (κ1) is 29.6. The van der Waals surface area contributed by atoms with Crippen LogP contribution in [0.15, 0.2) is 42.6 Å². The molecule has 0 bridgehead atoms. The number of piperidine rings is 1. The van der Waals surface area contributed by atoms with E-state index in [4.69, 9.17) is 4.74 Å². The Labute approximate surface area is 249 Å². The molecule has 2 aliphatic rings. The van der Waals surface area contributed by atoms with E-state index in [1.54, 1.807) is 15.8 Å². The summed E-state index contributed by atoms with van der Waals surface area (Å²) in [7, 11) is 1.89. The van der Waals surface area contributed by atoms with Crippen molar-refractivity contribution in [1.82, 2.24) is 20.0 Å². The molecule has 2 N–H and O–H groups in total. The average Bonchev–Trinajstić information content (AvgIpc) is 3.19. The Morgan fingerprint density at radius 1 is 1.10 bits per heavy atom. The van der Waals surface area contributed by atoms with Crippen LogP contribution in [0.1, 0.15) is 72.6 Å². The number of hydrogen-bond donors (Lipinski definition) is 2. The van der Waals surface area contributed by atoms with E-state index in [2.05, 4.69) is 47.5 Å². The van der Waals surface area contributed by atoms with E-state index in [0.29, 0.717) is 24.1 Å². The molecule has 3 heterocycles. The van der Waals surface area contributed by atoms with Crippen molar-refractivity contribution in [2.45, 2.75) is 73.1 Å². The minimum absolute atomic E-state index is 0.0484.